The fourth-order valence-corrected chi connectivity index (χ4v) is 2.29. The quantitative estimate of drug-likeness (QED) is 0.798. The van der Waals surface area contributed by atoms with Gasteiger partial charge in [0, 0.05) is 18.8 Å². The zero-order chi connectivity index (χ0) is 12.5. The number of nitrogens with zero attached hydrogens (tertiary/aromatic N) is 4. The van der Waals surface area contributed by atoms with Crippen LogP contribution in [0.5, 0.6) is 0 Å². The van der Waals surface area contributed by atoms with Crippen LogP contribution < -0.4 is 0 Å². The topological polar surface area (TPSA) is 44.9 Å². The van der Waals surface area contributed by atoms with Gasteiger partial charge in [-0.05, 0) is 40.3 Å². The zero-order valence-corrected chi connectivity index (χ0v) is 10.8. The summed E-state index contributed by atoms with van der Waals surface area (Å²) in [5.74, 6) is 0. The highest BCUT2D eigenvalue weighted by Crippen LogP contribution is 2.21. The predicted octanol–water partition coefficient (Wildman–Crippen LogP) is 1.78. The highest BCUT2D eigenvalue weighted by Gasteiger charge is 2.24. The molecule has 92 valence electrons. The standard InChI is InChI=1S/C13H20N4/c1-13(2,9-14)12-8-17(10-15-12)7-11-5-4-6-16(11)3/h8,10-11H,4-7H2,1-3H3. The molecule has 0 amide bonds. The summed E-state index contributed by atoms with van der Waals surface area (Å²) in [6.07, 6.45) is 6.40. The lowest BCUT2D eigenvalue weighted by molar-refractivity contribution is 0.282. The van der Waals surface area contributed by atoms with Gasteiger partial charge >= 0.3 is 0 Å². The van der Waals surface area contributed by atoms with Gasteiger partial charge in [-0.2, -0.15) is 5.26 Å². The SMILES string of the molecule is CN1CCCC1Cn1cnc(C(C)(C)C#N)c1. The lowest BCUT2D eigenvalue weighted by Gasteiger charge is -2.19. The Hall–Kier alpha value is -1.34. The van der Waals surface area contributed by atoms with Gasteiger partial charge < -0.3 is 9.47 Å². The second-order valence-electron chi connectivity index (χ2n) is 5.47. The van der Waals surface area contributed by atoms with Crippen LogP contribution in [-0.2, 0) is 12.0 Å². The Labute approximate surface area is 103 Å². The van der Waals surface area contributed by atoms with Gasteiger partial charge in [0.25, 0.3) is 0 Å². The third-order valence-corrected chi connectivity index (χ3v) is 3.65. The van der Waals surface area contributed by atoms with E-state index in [0.717, 1.165) is 12.2 Å². The van der Waals surface area contributed by atoms with Gasteiger partial charge in [-0.15, -0.1) is 0 Å². The largest absolute Gasteiger partial charge is 0.336 e. The molecule has 1 unspecified atom stereocenters. The van der Waals surface area contributed by atoms with Crippen molar-refractivity contribution in [2.75, 3.05) is 13.6 Å². The van der Waals surface area contributed by atoms with E-state index in [2.05, 4.69) is 27.6 Å². The Balaban J connectivity index is 2.07. The molecule has 4 nitrogen and oxygen atoms in total. The molecule has 0 spiro atoms. The van der Waals surface area contributed by atoms with Gasteiger partial charge in [-0.3, -0.25) is 0 Å². The van der Waals surface area contributed by atoms with Crippen molar-refractivity contribution in [3.63, 3.8) is 0 Å². The van der Waals surface area contributed by atoms with E-state index < -0.39 is 5.41 Å². The van der Waals surface area contributed by atoms with Crippen LogP contribution in [0, 0.1) is 11.3 Å². The summed E-state index contributed by atoms with van der Waals surface area (Å²) in [5, 5.41) is 9.08. The number of imidazole rings is 1. The molecule has 4 heteroatoms. The first-order valence-corrected chi connectivity index (χ1v) is 6.16. The number of aromatic nitrogens is 2. The summed E-state index contributed by atoms with van der Waals surface area (Å²) in [7, 11) is 2.18. The number of nitriles is 1. The van der Waals surface area contributed by atoms with E-state index in [1.165, 1.54) is 19.4 Å². The minimum absolute atomic E-state index is 0.493. The second kappa shape index (κ2) is 4.50. The third-order valence-electron chi connectivity index (χ3n) is 3.65. The maximum atomic E-state index is 9.08. The van der Waals surface area contributed by atoms with Gasteiger partial charge in [0.15, 0.2) is 0 Å². The number of likely N-dealkylation sites (N-methyl/N-ethyl adjacent to an activating group) is 1. The molecule has 1 saturated heterocycles. The molecule has 1 aliphatic heterocycles. The number of hydrogen-bond donors (Lipinski definition) is 0. The summed E-state index contributed by atoms with van der Waals surface area (Å²) in [6, 6.07) is 2.90. The van der Waals surface area contributed by atoms with Crippen molar-refractivity contribution in [1.82, 2.24) is 14.5 Å². The first-order valence-electron chi connectivity index (χ1n) is 6.16. The maximum Gasteiger partial charge on any atom is 0.0952 e. The van der Waals surface area contributed by atoms with Crippen LogP contribution in [0.2, 0.25) is 0 Å². The van der Waals surface area contributed by atoms with Crippen LogP contribution in [0.1, 0.15) is 32.4 Å². The van der Waals surface area contributed by atoms with Gasteiger partial charge in [0.1, 0.15) is 0 Å². The Morgan fingerprint density at radius 3 is 2.94 bits per heavy atom. The van der Waals surface area contributed by atoms with Crippen molar-refractivity contribution >= 4 is 0 Å². The van der Waals surface area contributed by atoms with E-state index in [4.69, 9.17) is 5.26 Å². The van der Waals surface area contributed by atoms with Crippen LogP contribution in [0.4, 0.5) is 0 Å². The average Bonchev–Trinajstić information content (AvgIpc) is 2.90. The highest BCUT2D eigenvalue weighted by molar-refractivity contribution is 5.20. The first-order chi connectivity index (χ1) is 8.03. The fourth-order valence-electron chi connectivity index (χ4n) is 2.29. The molecule has 0 bridgehead atoms. The number of likely N-dealkylation sites (tertiary alicyclic amines) is 1. The normalized spacial score (nSPS) is 21.6. The van der Waals surface area contributed by atoms with Gasteiger partial charge in [0.05, 0.1) is 23.5 Å². The van der Waals surface area contributed by atoms with E-state index in [1.54, 1.807) is 0 Å². The fraction of sp³-hybridized carbons (Fsp3) is 0.692. The Morgan fingerprint density at radius 2 is 2.35 bits per heavy atom. The smallest absolute Gasteiger partial charge is 0.0952 e. The molecule has 2 rings (SSSR count). The van der Waals surface area contributed by atoms with E-state index in [1.807, 2.05) is 26.4 Å². The summed E-state index contributed by atoms with van der Waals surface area (Å²) in [4.78, 5) is 6.75. The maximum absolute atomic E-state index is 9.08. The molecule has 0 aliphatic carbocycles. The molecule has 1 fully saturated rings. The van der Waals surface area contributed by atoms with Crippen molar-refractivity contribution in [3.05, 3.63) is 18.2 Å². The second-order valence-corrected chi connectivity index (χ2v) is 5.47. The van der Waals surface area contributed by atoms with Crippen molar-refractivity contribution in [3.8, 4) is 6.07 Å². The van der Waals surface area contributed by atoms with Gasteiger partial charge in [0.2, 0.25) is 0 Å². The lowest BCUT2D eigenvalue weighted by atomic mass is 9.92. The summed E-state index contributed by atoms with van der Waals surface area (Å²) >= 11 is 0. The highest BCUT2D eigenvalue weighted by atomic mass is 15.2. The molecule has 1 aromatic heterocycles. The summed E-state index contributed by atoms with van der Waals surface area (Å²) in [6.45, 7) is 5.98. The molecule has 0 N–H and O–H groups in total. The molecule has 0 radical (unpaired) electrons. The summed E-state index contributed by atoms with van der Waals surface area (Å²) in [5.41, 5.74) is 0.368. The molecule has 1 atom stereocenters. The molecule has 0 saturated carbocycles. The first kappa shape index (κ1) is 12.1. The predicted molar refractivity (Wildman–Crippen MR) is 66.5 cm³/mol. The van der Waals surface area contributed by atoms with E-state index in [-0.39, 0.29) is 0 Å². The number of rotatable bonds is 3. The van der Waals surface area contributed by atoms with Crippen molar-refractivity contribution in [1.29, 1.82) is 5.26 Å². The van der Waals surface area contributed by atoms with Gasteiger partial charge in [-0.25, -0.2) is 4.98 Å². The van der Waals surface area contributed by atoms with Crippen molar-refractivity contribution in [2.45, 2.75) is 44.7 Å². The van der Waals surface area contributed by atoms with Crippen molar-refractivity contribution in [2.24, 2.45) is 0 Å². The van der Waals surface area contributed by atoms with Crippen LogP contribution in [0.3, 0.4) is 0 Å². The molecular formula is C13H20N4. The molecule has 0 aromatic carbocycles. The van der Waals surface area contributed by atoms with Crippen LogP contribution in [0.15, 0.2) is 12.5 Å². The monoisotopic (exact) mass is 232 g/mol. The molecule has 2 heterocycles. The van der Waals surface area contributed by atoms with Crippen LogP contribution >= 0.6 is 0 Å². The Kier molecular flexibility index (Phi) is 3.21. The average molecular weight is 232 g/mol. The number of hydrogen-bond acceptors (Lipinski definition) is 3. The summed E-state index contributed by atoms with van der Waals surface area (Å²) < 4.78 is 2.11. The Bertz CT molecular complexity index is 427. The minimum atomic E-state index is -0.493. The molecular weight excluding hydrogens is 212 g/mol. The van der Waals surface area contributed by atoms with E-state index in [9.17, 15) is 0 Å². The lowest BCUT2D eigenvalue weighted by Crippen LogP contribution is -2.28. The van der Waals surface area contributed by atoms with Crippen molar-refractivity contribution < 1.29 is 0 Å². The van der Waals surface area contributed by atoms with E-state index >= 15 is 0 Å². The van der Waals surface area contributed by atoms with Crippen LogP contribution in [0.25, 0.3) is 0 Å². The molecule has 1 aromatic rings. The van der Waals surface area contributed by atoms with Gasteiger partial charge in [-0.1, -0.05) is 0 Å². The zero-order valence-electron chi connectivity index (χ0n) is 10.8. The Morgan fingerprint density at radius 1 is 1.59 bits per heavy atom. The minimum Gasteiger partial charge on any atom is -0.336 e. The van der Waals surface area contributed by atoms with Crippen LogP contribution in [-0.4, -0.2) is 34.1 Å². The molecule has 1 aliphatic rings. The third kappa shape index (κ3) is 2.50. The molecule has 17 heavy (non-hydrogen) atoms. The van der Waals surface area contributed by atoms with E-state index in [0.29, 0.717) is 6.04 Å².